The van der Waals surface area contributed by atoms with Crippen molar-refractivity contribution in [3.63, 3.8) is 0 Å². The van der Waals surface area contributed by atoms with E-state index in [-0.39, 0.29) is 16.2 Å². The Morgan fingerprint density at radius 3 is 2.18 bits per heavy atom. The fraction of sp³-hybridized carbons (Fsp3) is 0.0435. The van der Waals surface area contributed by atoms with Gasteiger partial charge in [-0.15, -0.1) is 0 Å². The van der Waals surface area contributed by atoms with Crippen LogP contribution in [-0.4, -0.2) is 14.3 Å². The average molecular weight is 655 g/mol. The van der Waals surface area contributed by atoms with Crippen LogP contribution in [0.3, 0.4) is 0 Å². The Kier molecular flexibility index (Phi) is 8.13. The highest BCUT2D eigenvalue weighted by molar-refractivity contribution is 9.11. The van der Waals surface area contributed by atoms with Gasteiger partial charge in [-0.25, -0.2) is 0 Å². The summed E-state index contributed by atoms with van der Waals surface area (Å²) in [6, 6.07) is 18.3. The number of carbonyl (C=O) groups excluding carboxylic acids is 1. The molecule has 0 fully saturated rings. The van der Waals surface area contributed by atoms with Gasteiger partial charge in [-0.3, -0.25) is 4.79 Å². The minimum atomic E-state index is -4.06. The zero-order valence-corrected chi connectivity index (χ0v) is 22.5. The van der Waals surface area contributed by atoms with Crippen molar-refractivity contribution in [2.75, 3.05) is 5.32 Å². The highest BCUT2D eigenvalue weighted by Gasteiger charge is 2.21. The third kappa shape index (κ3) is 6.32. The topological polar surface area (TPSA) is 96.3 Å². The molecule has 3 aromatic carbocycles. The summed E-state index contributed by atoms with van der Waals surface area (Å²) in [5.41, 5.74) is 1.79. The van der Waals surface area contributed by atoms with Crippen molar-refractivity contribution in [3.05, 3.63) is 90.8 Å². The highest BCUT2D eigenvalue weighted by Crippen LogP contribution is 2.37. The van der Waals surface area contributed by atoms with Crippen molar-refractivity contribution in [1.82, 2.24) is 0 Å². The Morgan fingerprint density at radius 2 is 1.61 bits per heavy atom. The highest BCUT2D eigenvalue weighted by atomic mass is 79.9. The zero-order valence-electron chi connectivity index (χ0n) is 17.0. The van der Waals surface area contributed by atoms with Crippen LogP contribution in [0.25, 0.3) is 6.08 Å². The van der Waals surface area contributed by atoms with Gasteiger partial charge in [-0.2, -0.15) is 13.7 Å². The number of anilines is 1. The number of hydrogen-bond acceptors (Lipinski definition) is 5. The minimum absolute atomic E-state index is 0.0198. The van der Waals surface area contributed by atoms with Crippen LogP contribution in [0, 0.1) is 18.3 Å². The standard InChI is InChI=1S/C23H15Br3N2O4S/c1-14-6-8-17(9-7-14)33(30,31)32-22-19(25)11-15(12-20(22)26)10-16(13-27)23(29)28-21-5-3-2-4-18(21)24/h2-12H,1H3,(H,28,29)/b16-10+. The summed E-state index contributed by atoms with van der Waals surface area (Å²) in [5.74, 6) is -0.539. The Balaban J connectivity index is 1.87. The van der Waals surface area contributed by atoms with E-state index in [2.05, 4.69) is 53.1 Å². The number of rotatable bonds is 6. The van der Waals surface area contributed by atoms with Gasteiger partial charge < -0.3 is 9.50 Å². The summed E-state index contributed by atoms with van der Waals surface area (Å²) in [6.45, 7) is 1.85. The molecule has 1 N–H and O–H groups in total. The maximum Gasteiger partial charge on any atom is 0.339 e. The number of amides is 1. The van der Waals surface area contributed by atoms with Gasteiger partial charge in [-0.05, 0) is 103 Å². The molecule has 0 spiro atoms. The van der Waals surface area contributed by atoms with E-state index in [1.54, 1.807) is 48.5 Å². The first-order chi connectivity index (χ1) is 15.6. The van der Waals surface area contributed by atoms with E-state index >= 15 is 0 Å². The van der Waals surface area contributed by atoms with E-state index in [1.165, 1.54) is 18.2 Å². The van der Waals surface area contributed by atoms with Crippen molar-refractivity contribution in [2.24, 2.45) is 0 Å². The molecule has 0 aromatic heterocycles. The molecular weight excluding hydrogens is 640 g/mol. The number of nitrogens with zero attached hydrogens (tertiary/aromatic N) is 1. The molecule has 0 atom stereocenters. The van der Waals surface area contributed by atoms with Crippen LogP contribution in [0.5, 0.6) is 5.75 Å². The van der Waals surface area contributed by atoms with Crippen molar-refractivity contribution in [2.45, 2.75) is 11.8 Å². The van der Waals surface area contributed by atoms with E-state index < -0.39 is 16.0 Å². The summed E-state index contributed by atoms with van der Waals surface area (Å²) in [6.07, 6.45) is 1.39. The van der Waals surface area contributed by atoms with Gasteiger partial charge in [0.25, 0.3) is 5.91 Å². The largest absolute Gasteiger partial charge is 0.377 e. The number of nitriles is 1. The summed E-state index contributed by atoms with van der Waals surface area (Å²) >= 11 is 9.96. The summed E-state index contributed by atoms with van der Waals surface area (Å²) in [7, 11) is -4.06. The number of halogens is 3. The van der Waals surface area contributed by atoms with Crippen LogP contribution in [0.1, 0.15) is 11.1 Å². The SMILES string of the molecule is Cc1ccc(S(=O)(=O)Oc2c(Br)cc(/C=C(\C#N)C(=O)Nc3ccccc3Br)cc2Br)cc1. The minimum Gasteiger partial charge on any atom is -0.377 e. The second-order valence-corrected chi connectivity index (χ2v) is 10.9. The molecule has 0 heterocycles. The van der Waals surface area contributed by atoms with Gasteiger partial charge in [0.15, 0.2) is 5.75 Å². The van der Waals surface area contributed by atoms with Crippen molar-refractivity contribution < 1.29 is 17.4 Å². The number of nitrogens with one attached hydrogen (secondary N) is 1. The van der Waals surface area contributed by atoms with Crippen LogP contribution in [0.15, 0.2) is 84.6 Å². The Labute approximate surface area is 216 Å². The quantitative estimate of drug-likeness (QED) is 0.184. The smallest absolute Gasteiger partial charge is 0.339 e. The van der Waals surface area contributed by atoms with Crippen LogP contribution in [0.4, 0.5) is 5.69 Å². The third-order valence-electron chi connectivity index (χ3n) is 4.32. The van der Waals surface area contributed by atoms with Crippen LogP contribution in [0.2, 0.25) is 0 Å². The molecule has 3 rings (SSSR count). The van der Waals surface area contributed by atoms with Crippen LogP contribution < -0.4 is 9.50 Å². The third-order valence-corrected chi connectivity index (χ3v) is 7.43. The normalized spacial score (nSPS) is 11.5. The first-order valence-corrected chi connectivity index (χ1v) is 13.1. The monoisotopic (exact) mass is 652 g/mol. The molecule has 1 amide bonds. The molecule has 6 nitrogen and oxygen atoms in total. The van der Waals surface area contributed by atoms with Gasteiger partial charge in [0.05, 0.1) is 14.6 Å². The lowest BCUT2D eigenvalue weighted by molar-refractivity contribution is -0.112. The molecule has 0 unspecified atom stereocenters. The molecule has 3 aromatic rings. The Bertz CT molecular complexity index is 1370. The maximum absolute atomic E-state index is 12.6. The molecule has 0 aliphatic heterocycles. The Morgan fingerprint density at radius 1 is 1.00 bits per heavy atom. The van der Waals surface area contributed by atoms with Crippen molar-refractivity contribution in [1.29, 1.82) is 5.26 Å². The summed E-state index contributed by atoms with van der Waals surface area (Å²) < 4.78 is 31.9. The number of carbonyl (C=O) groups is 1. The van der Waals surface area contributed by atoms with E-state index in [4.69, 9.17) is 4.18 Å². The van der Waals surface area contributed by atoms with Crippen LogP contribution >= 0.6 is 47.8 Å². The second kappa shape index (κ2) is 10.7. The zero-order chi connectivity index (χ0) is 24.2. The number of hydrogen-bond donors (Lipinski definition) is 1. The number of aryl methyl sites for hydroxylation is 1. The van der Waals surface area contributed by atoms with E-state index in [9.17, 15) is 18.5 Å². The molecule has 0 aliphatic carbocycles. The first-order valence-electron chi connectivity index (χ1n) is 9.28. The van der Waals surface area contributed by atoms with Gasteiger partial charge in [-0.1, -0.05) is 29.8 Å². The second-order valence-electron chi connectivity index (χ2n) is 6.77. The maximum atomic E-state index is 12.6. The van der Waals surface area contributed by atoms with Gasteiger partial charge >= 0.3 is 10.1 Å². The lowest BCUT2D eigenvalue weighted by Crippen LogP contribution is -2.13. The molecule has 0 saturated heterocycles. The van der Waals surface area contributed by atoms with E-state index in [0.717, 1.165) is 5.56 Å². The number of para-hydroxylation sites is 1. The van der Waals surface area contributed by atoms with Gasteiger partial charge in [0.1, 0.15) is 16.5 Å². The lowest BCUT2D eigenvalue weighted by atomic mass is 10.1. The molecule has 0 aliphatic rings. The molecule has 0 saturated carbocycles. The lowest BCUT2D eigenvalue weighted by Gasteiger charge is -2.12. The summed E-state index contributed by atoms with van der Waals surface area (Å²) in [5, 5.41) is 12.1. The predicted molar refractivity (Wildman–Crippen MR) is 137 cm³/mol. The molecular formula is C23H15Br3N2O4S. The fourth-order valence-corrected chi connectivity index (χ4v) is 5.62. The average Bonchev–Trinajstić information content (AvgIpc) is 2.76. The Hall–Kier alpha value is -2.45. The van der Waals surface area contributed by atoms with Crippen molar-refractivity contribution in [3.8, 4) is 11.8 Å². The molecule has 0 radical (unpaired) electrons. The first kappa shape index (κ1) is 25.2. The molecule has 0 bridgehead atoms. The van der Waals surface area contributed by atoms with E-state index in [1.807, 2.05) is 13.0 Å². The molecule has 33 heavy (non-hydrogen) atoms. The van der Waals surface area contributed by atoms with E-state index in [0.29, 0.717) is 24.7 Å². The fourth-order valence-electron chi connectivity index (χ4n) is 2.67. The van der Waals surface area contributed by atoms with Crippen LogP contribution in [-0.2, 0) is 14.9 Å². The molecule has 168 valence electrons. The number of benzene rings is 3. The summed E-state index contributed by atoms with van der Waals surface area (Å²) in [4.78, 5) is 12.6. The predicted octanol–water partition coefficient (Wildman–Crippen LogP) is 6.60. The molecule has 10 heteroatoms. The van der Waals surface area contributed by atoms with Crippen molar-refractivity contribution >= 4 is 75.6 Å². The van der Waals surface area contributed by atoms with Gasteiger partial charge in [0.2, 0.25) is 0 Å². The van der Waals surface area contributed by atoms with Gasteiger partial charge in [0, 0.05) is 4.47 Å².